The summed E-state index contributed by atoms with van der Waals surface area (Å²) in [4.78, 5) is 4.50. The Kier molecular flexibility index (Phi) is 2.02. The minimum atomic E-state index is 0.0652. The van der Waals surface area contributed by atoms with Crippen LogP contribution in [0, 0.1) is 6.92 Å². The molecule has 1 saturated carbocycles. The van der Waals surface area contributed by atoms with Crippen molar-refractivity contribution < 1.29 is 4.74 Å². The van der Waals surface area contributed by atoms with Crippen molar-refractivity contribution in [3.8, 4) is 5.88 Å². The Morgan fingerprint density at radius 2 is 2.06 bits per heavy atom. The van der Waals surface area contributed by atoms with Gasteiger partial charge in [0.2, 0.25) is 5.88 Å². The van der Waals surface area contributed by atoms with Gasteiger partial charge in [-0.05, 0) is 36.3 Å². The van der Waals surface area contributed by atoms with Crippen LogP contribution >= 0.6 is 0 Å². The number of nitrogens with one attached hydrogen (secondary N) is 1. The molecular formula is C14H20N2O. The number of hydrogen-bond acceptors (Lipinski definition) is 3. The number of aromatic nitrogens is 1. The van der Waals surface area contributed by atoms with Crippen LogP contribution in [0.5, 0.6) is 5.88 Å². The molecule has 0 atom stereocenters. The van der Waals surface area contributed by atoms with Gasteiger partial charge in [0.15, 0.2) is 0 Å². The first-order valence-corrected chi connectivity index (χ1v) is 6.34. The molecule has 1 aromatic heterocycles. The largest absolute Gasteiger partial charge is 0.468 e. The van der Waals surface area contributed by atoms with Gasteiger partial charge in [0, 0.05) is 6.20 Å². The molecule has 2 heterocycles. The maximum atomic E-state index is 6.01. The van der Waals surface area contributed by atoms with Crippen LogP contribution in [0.3, 0.4) is 0 Å². The summed E-state index contributed by atoms with van der Waals surface area (Å²) < 4.78 is 6.01. The van der Waals surface area contributed by atoms with E-state index in [-0.39, 0.29) is 11.0 Å². The smallest absolute Gasteiger partial charge is 0.238 e. The van der Waals surface area contributed by atoms with Gasteiger partial charge in [0.1, 0.15) is 11.3 Å². The number of rotatable bonds is 0. The normalized spacial score (nSPS) is 20.5. The fourth-order valence-electron chi connectivity index (χ4n) is 2.53. The Bertz CT molecular complexity index is 470. The molecule has 0 saturated heterocycles. The predicted octanol–water partition coefficient (Wildman–Crippen LogP) is 3.02. The SMILES string of the molecule is Cc1c(C(C)(C)C)cnc2c1NCC1(CC1)O2. The van der Waals surface area contributed by atoms with Crippen LogP contribution in [0.15, 0.2) is 6.20 Å². The standard InChI is InChI=1S/C14H20N2O/c1-9-10(13(2,3)4)7-15-12-11(9)16-8-14(17-12)5-6-14/h7,16H,5-6,8H2,1-4H3. The second kappa shape index (κ2) is 3.15. The van der Waals surface area contributed by atoms with Crippen LogP contribution in [0.4, 0.5) is 5.69 Å². The fraction of sp³-hybridized carbons (Fsp3) is 0.643. The third-order valence-corrected chi connectivity index (χ3v) is 3.82. The van der Waals surface area contributed by atoms with Crippen LogP contribution in [-0.2, 0) is 5.41 Å². The summed E-state index contributed by atoms with van der Waals surface area (Å²) in [5.74, 6) is 0.791. The summed E-state index contributed by atoms with van der Waals surface area (Å²) in [5.41, 5.74) is 3.85. The highest BCUT2D eigenvalue weighted by atomic mass is 16.5. The molecule has 1 fully saturated rings. The van der Waals surface area contributed by atoms with E-state index in [9.17, 15) is 0 Å². The lowest BCUT2D eigenvalue weighted by Crippen LogP contribution is -2.34. The Hall–Kier alpha value is -1.25. The molecule has 1 aliphatic heterocycles. The van der Waals surface area contributed by atoms with Crippen molar-refractivity contribution in [1.82, 2.24) is 4.98 Å². The maximum Gasteiger partial charge on any atom is 0.238 e. The monoisotopic (exact) mass is 232 g/mol. The first kappa shape index (κ1) is 10.9. The van der Waals surface area contributed by atoms with E-state index in [1.54, 1.807) is 0 Å². The van der Waals surface area contributed by atoms with Crippen molar-refractivity contribution in [2.24, 2.45) is 0 Å². The molecule has 92 valence electrons. The molecule has 17 heavy (non-hydrogen) atoms. The third-order valence-electron chi connectivity index (χ3n) is 3.82. The molecule has 0 unspecified atom stereocenters. The summed E-state index contributed by atoms with van der Waals surface area (Å²) in [6.07, 6.45) is 4.28. The zero-order valence-electron chi connectivity index (χ0n) is 11.1. The van der Waals surface area contributed by atoms with Gasteiger partial charge in [-0.1, -0.05) is 20.8 Å². The minimum absolute atomic E-state index is 0.0652. The van der Waals surface area contributed by atoms with E-state index in [1.165, 1.54) is 11.1 Å². The van der Waals surface area contributed by atoms with Gasteiger partial charge in [-0.25, -0.2) is 4.98 Å². The quantitative estimate of drug-likeness (QED) is 0.746. The molecule has 3 heteroatoms. The van der Waals surface area contributed by atoms with Gasteiger partial charge in [-0.2, -0.15) is 0 Å². The van der Waals surface area contributed by atoms with Crippen molar-refractivity contribution in [3.63, 3.8) is 0 Å². The molecular weight excluding hydrogens is 212 g/mol. The average Bonchev–Trinajstić information content (AvgIpc) is 2.96. The summed E-state index contributed by atoms with van der Waals surface area (Å²) in [7, 11) is 0. The number of anilines is 1. The zero-order chi connectivity index (χ0) is 12.3. The van der Waals surface area contributed by atoms with Crippen molar-refractivity contribution in [2.45, 2.75) is 51.6 Å². The van der Waals surface area contributed by atoms with Crippen LogP contribution in [0.2, 0.25) is 0 Å². The van der Waals surface area contributed by atoms with Crippen molar-refractivity contribution >= 4 is 5.69 Å². The van der Waals surface area contributed by atoms with E-state index in [2.05, 4.69) is 38.0 Å². The van der Waals surface area contributed by atoms with Crippen LogP contribution in [0.1, 0.15) is 44.7 Å². The second-order valence-corrected chi connectivity index (χ2v) is 6.37. The summed E-state index contributed by atoms with van der Waals surface area (Å²) in [6.45, 7) is 9.74. The Morgan fingerprint density at radius 3 is 2.65 bits per heavy atom. The van der Waals surface area contributed by atoms with E-state index < -0.39 is 0 Å². The number of ether oxygens (including phenoxy) is 1. The molecule has 1 aliphatic carbocycles. The molecule has 1 aromatic rings. The molecule has 1 spiro atoms. The van der Waals surface area contributed by atoms with Gasteiger partial charge in [0.05, 0.1) is 6.54 Å². The molecule has 0 radical (unpaired) electrons. The summed E-state index contributed by atoms with van der Waals surface area (Å²) >= 11 is 0. The van der Waals surface area contributed by atoms with Gasteiger partial charge in [-0.15, -0.1) is 0 Å². The highest BCUT2D eigenvalue weighted by molar-refractivity contribution is 5.63. The van der Waals surface area contributed by atoms with Gasteiger partial charge in [-0.3, -0.25) is 0 Å². The van der Waals surface area contributed by atoms with Gasteiger partial charge in [0.25, 0.3) is 0 Å². The second-order valence-electron chi connectivity index (χ2n) is 6.37. The molecule has 1 N–H and O–H groups in total. The molecule has 2 aliphatic rings. The Morgan fingerprint density at radius 1 is 1.35 bits per heavy atom. The molecule has 0 aromatic carbocycles. The zero-order valence-corrected chi connectivity index (χ0v) is 11.1. The van der Waals surface area contributed by atoms with E-state index in [0.29, 0.717) is 0 Å². The lowest BCUT2D eigenvalue weighted by Gasteiger charge is -2.30. The average molecular weight is 232 g/mol. The molecule has 3 nitrogen and oxygen atoms in total. The third kappa shape index (κ3) is 1.68. The fourth-order valence-corrected chi connectivity index (χ4v) is 2.53. The number of pyridine rings is 1. The number of hydrogen-bond donors (Lipinski definition) is 1. The summed E-state index contributed by atoms with van der Waals surface area (Å²) in [6, 6.07) is 0. The van der Waals surface area contributed by atoms with Crippen LogP contribution in [0.25, 0.3) is 0 Å². The molecule has 0 bridgehead atoms. The van der Waals surface area contributed by atoms with Crippen LogP contribution in [-0.4, -0.2) is 17.1 Å². The van der Waals surface area contributed by atoms with Crippen molar-refractivity contribution in [3.05, 3.63) is 17.3 Å². The first-order chi connectivity index (χ1) is 7.91. The van der Waals surface area contributed by atoms with E-state index in [0.717, 1.165) is 31.0 Å². The Labute approximate surface area is 103 Å². The van der Waals surface area contributed by atoms with E-state index in [4.69, 9.17) is 4.74 Å². The topological polar surface area (TPSA) is 34.2 Å². The minimum Gasteiger partial charge on any atom is -0.468 e. The highest BCUT2D eigenvalue weighted by Gasteiger charge is 2.48. The summed E-state index contributed by atoms with van der Waals surface area (Å²) in [5, 5.41) is 3.51. The van der Waals surface area contributed by atoms with Crippen molar-refractivity contribution in [1.29, 1.82) is 0 Å². The molecule has 0 amide bonds. The molecule has 3 rings (SSSR count). The van der Waals surface area contributed by atoms with Gasteiger partial charge < -0.3 is 10.1 Å². The lowest BCUT2D eigenvalue weighted by atomic mass is 9.85. The van der Waals surface area contributed by atoms with Gasteiger partial charge >= 0.3 is 0 Å². The number of fused-ring (bicyclic) bond motifs is 1. The first-order valence-electron chi connectivity index (χ1n) is 6.34. The number of nitrogens with zero attached hydrogens (tertiary/aromatic N) is 1. The Balaban J connectivity index is 2.04. The highest BCUT2D eigenvalue weighted by Crippen LogP contribution is 2.46. The van der Waals surface area contributed by atoms with Crippen LogP contribution < -0.4 is 10.1 Å². The van der Waals surface area contributed by atoms with E-state index >= 15 is 0 Å². The van der Waals surface area contributed by atoms with E-state index in [1.807, 2.05) is 6.20 Å². The lowest BCUT2D eigenvalue weighted by molar-refractivity contribution is 0.175. The predicted molar refractivity (Wildman–Crippen MR) is 68.8 cm³/mol. The van der Waals surface area contributed by atoms with Crippen molar-refractivity contribution in [2.75, 3.05) is 11.9 Å². The maximum absolute atomic E-state index is 6.01.